The topological polar surface area (TPSA) is 82.8 Å². The maximum atomic E-state index is 13.1. The Hall–Kier alpha value is -2.66. The highest BCUT2D eigenvalue weighted by Gasteiger charge is 2.37. The highest BCUT2D eigenvalue weighted by Crippen LogP contribution is 2.42. The minimum absolute atomic E-state index is 0.0587. The first kappa shape index (κ1) is 22.1. The summed E-state index contributed by atoms with van der Waals surface area (Å²) in [5.41, 5.74) is 8.25. The number of carbonyl (C=O) groups is 1. The summed E-state index contributed by atoms with van der Waals surface area (Å²) in [6, 6.07) is 17.1. The summed E-state index contributed by atoms with van der Waals surface area (Å²) < 4.78 is 6.18. The zero-order chi connectivity index (χ0) is 22.7. The Balaban J connectivity index is 1.33. The van der Waals surface area contributed by atoms with Gasteiger partial charge in [-0.2, -0.15) is 0 Å². The van der Waals surface area contributed by atoms with Crippen LogP contribution in [-0.2, 0) is 11.2 Å². The zero-order valence-corrected chi connectivity index (χ0v) is 19.5. The average Bonchev–Trinajstić information content (AvgIpc) is 3.22. The minimum atomic E-state index is -0.0587. The number of rotatable bonds is 6. The first-order chi connectivity index (χ1) is 16.1. The molecule has 0 saturated heterocycles. The van der Waals surface area contributed by atoms with Gasteiger partial charge in [0.05, 0.1) is 6.04 Å². The summed E-state index contributed by atoms with van der Waals surface area (Å²) in [6.07, 6.45) is 11.6. The molecule has 0 radical (unpaired) electrons. The fourth-order valence-corrected chi connectivity index (χ4v) is 5.90. The molecule has 1 heterocycles. The number of oxazole rings is 1. The molecule has 2 unspecified atom stereocenters. The summed E-state index contributed by atoms with van der Waals surface area (Å²) in [6.45, 7) is 0. The van der Waals surface area contributed by atoms with Gasteiger partial charge in [-0.1, -0.05) is 62.1 Å². The van der Waals surface area contributed by atoms with Crippen molar-refractivity contribution in [3.05, 3.63) is 54.4 Å². The number of aromatic nitrogens is 1. The molecule has 4 N–H and O–H groups in total. The van der Waals surface area contributed by atoms with Crippen LogP contribution in [0.1, 0.15) is 70.1 Å². The maximum Gasteiger partial charge on any atom is 0.221 e. The number of nitrogens with zero attached hydrogens (tertiary/aromatic N) is 1. The van der Waals surface area contributed by atoms with Crippen LogP contribution in [0.2, 0.25) is 0 Å². The molecule has 2 aliphatic carbocycles. The second-order valence-corrected chi connectivity index (χ2v) is 10.3. The van der Waals surface area contributed by atoms with Crippen LogP contribution in [0.3, 0.4) is 0 Å². The van der Waals surface area contributed by atoms with Crippen molar-refractivity contribution >= 4 is 17.0 Å². The molecule has 5 nitrogen and oxygen atoms in total. The molecule has 2 fully saturated rings. The van der Waals surface area contributed by atoms with Crippen molar-refractivity contribution in [1.82, 2.24) is 10.3 Å². The molecule has 5 rings (SSSR count). The van der Waals surface area contributed by atoms with E-state index < -0.39 is 0 Å². The van der Waals surface area contributed by atoms with Crippen LogP contribution in [-0.4, -0.2) is 23.0 Å². The fourth-order valence-electron chi connectivity index (χ4n) is 5.90. The molecular formula is C28H36N3O2+. The molecular weight excluding hydrogens is 410 g/mol. The molecule has 1 aromatic heterocycles. The van der Waals surface area contributed by atoms with Crippen molar-refractivity contribution in [3.63, 3.8) is 0 Å². The minimum Gasteiger partial charge on any atom is -0.441 e. The van der Waals surface area contributed by atoms with Crippen LogP contribution in [0.5, 0.6) is 0 Å². The lowest BCUT2D eigenvalue weighted by molar-refractivity contribution is -0.430. The predicted molar refractivity (Wildman–Crippen MR) is 130 cm³/mol. The van der Waals surface area contributed by atoms with Crippen molar-refractivity contribution in [3.8, 4) is 11.1 Å². The summed E-state index contributed by atoms with van der Waals surface area (Å²) in [4.78, 5) is 18.0. The summed E-state index contributed by atoms with van der Waals surface area (Å²) in [5, 5.41) is 3.33. The van der Waals surface area contributed by atoms with Gasteiger partial charge in [-0.3, -0.25) is 4.79 Å². The number of hydrogen-bond donors (Lipinski definition) is 2. The van der Waals surface area contributed by atoms with E-state index in [1.165, 1.54) is 37.7 Å². The molecule has 174 valence electrons. The van der Waals surface area contributed by atoms with Gasteiger partial charge in [0.2, 0.25) is 5.91 Å². The van der Waals surface area contributed by atoms with Gasteiger partial charge in [0.1, 0.15) is 11.6 Å². The number of quaternary nitrogens is 1. The van der Waals surface area contributed by atoms with E-state index in [2.05, 4.69) is 47.4 Å². The second kappa shape index (κ2) is 9.68. The van der Waals surface area contributed by atoms with Crippen molar-refractivity contribution < 1.29 is 14.9 Å². The van der Waals surface area contributed by atoms with E-state index >= 15 is 0 Å². The largest absolute Gasteiger partial charge is 0.441 e. The van der Waals surface area contributed by atoms with Gasteiger partial charge < -0.3 is 15.5 Å². The fraction of sp³-hybridized carbons (Fsp3) is 0.500. The summed E-state index contributed by atoms with van der Waals surface area (Å²) in [5.74, 6) is 0.942. The third-order valence-electron chi connectivity index (χ3n) is 7.77. The predicted octanol–water partition coefficient (Wildman–Crippen LogP) is 5.05. The Kier molecular flexibility index (Phi) is 6.50. The summed E-state index contributed by atoms with van der Waals surface area (Å²) in [7, 11) is 0. The molecule has 2 saturated carbocycles. The second-order valence-electron chi connectivity index (χ2n) is 10.3. The van der Waals surface area contributed by atoms with Crippen LogP contribution in [0.15, 0.2) is 52.9 Å². The molecule has 3 aromatic rings. The molecule has 0 aliphatic heterocycles. The maximum absolute atomic E-state index is 13.1. The standard InChI is InChI=1S/C28H35N3O2/c29-22-11-5-6-12-23(22)30-26(32)18-28(15-7-2-8-16-28)19-27-31-24-17-21(13-14-25(24)33-27)20-9-3-1-4-10-20/h1,3-4,9-10,13-14,17,22-23H,2,5-8,11-12,15-16,18-19,29H2,(H,30,32)/p+1. The average molecular weight is 447 g/mol. The first-order valence-electron chi connectivity index (χ1n) is 12.7. The number of amides is 1. The van der Waals surface area contributed by atoms with E-state index in [9.17, 15) is 4.79 Å². The molecule has 1 amide bonds. The highest BCUT2D eigenvalue weighted by molar-refractivity contribution is 5.80. The molecule has 0 spiro atoms. The SMILES string of the molecule is [NH3+]C1CCCCC1NC(=O)CC1(Cc2nc3cc(-c4ccccc4)ccc3o2)CCCCC1. The van der Waals surface area contributed by atoms with E-state index in [-0.39, 0.29) is 17.4 Å². The smallest absolute Gasteiger partial charge is 0.221 e. The molecule has 2 atom stereocenters. The van der Waals surface area contributed by atoms with Crippen molar-refractivity contribution in [1.29, 1.82) is 0 Å². The monoisotopic (exact) mass is 446 g/mol. The van der Waals surface area contributed by atoms with Crippen LogP contribution in [0.4, 0.5) is 0 Å². The molecule has 0 bridgehead atoms. The van der Waals surface area contributed by atoms with E-state index in [0.717, 1.165) is 54.7 Å². The Morgan fingerprint density at radius 1 is 1.00 bits per heavy atom. The van der Waals surface area contributed by atoms with Crippen LogP contribution < -0.4 is 11.1 Å². The quantitative estimate of drug-likeness (QED) is 0.556. The molecule has 33 heavy (non-hydrogen) atoms. The zero-order valence-electron chi connectivity index (χ0n) is 19.5. The summed E-state index contributed by atoms with van der Waals surface area (Å²) >= 11 is 0. The number of fused-ring (bicyclic) bond motifs is 1. The van der Waals surface area contributed by atoms with Gasteiger partial charge >= 0.3 is 0 Å². The lowest BCUT2D eigenvalue weighted by Gasteiger charge is -2.37. The van der Waals surface area contributed by atoms with E-state index in [1.807, 2.05) is 12.1 Å². The van der Waals surface area contributed by atoms with Gasteiger partial charge in [-0.15, -0.1) is 0 Å². The van der Waals surface area contributed by atoms with E-state index in [0.29, 0.717) is 12.5 Å². The lowest BCUT2D eigenvalue weighted by atomic mass is 9.69. The number of nitrogens with one attached hydrogen (secondary N) is 1. The number of hydrogen-bond acceptors (Lipinski definition) is 3. The third kappa shape index (κ3) is 5.14. The van der Waals surface area contributed by atoms with Crippen molar-refractivity contribution in [2.75, 3.05) is 0 Å². The van der Waals surface area contributed by atoms with Gasteiger partial charge in [0.25, 0.3) is 0 Å². The van der Waals surface area contributed by atoms with Crippen LogP contribution in [0.25, 0.3) is 22.2 Å². The van der Waals surface area contributed by atoms with Gasteiger partial charge in [0, 0.05) is 19.3 Å². The first-order valence-corrected chi connectivity index (χ1v) is 12.7. The number of benzene rings is 2. The molecule has 2 aliphatic rings. The normalized spacial score (nSPS) is 22.8. The molecule has 2 aromatic carbocycles. The number of carbonyl (C=O) groups excluding carboxylic acids is 1. The van der Waals surface area contributed by atoms with Crippen LogP contribution in [0, 0.1) is 5.41 Å². The van der Waals surface area contributed by atoms with Gasteiger partial charge in [0.15, 0.2) is 11.5 Å². The Morgan fingerprint density at radius 3 is 2.58 bits per heavy atom. The molecule has 5 heteroatoms. The Bertz CT molecular complexity index is 1080. The van der Waals surface area contributed by atoms with Crippen molar-refractivity contribution in [2.45, 2.75) is 82.7 Å². The lowest BCUT2D eigenvalue weighted by Crippen LogP contribution is -2.70. The third-order valence-corrected chi connectivity index (χ3v) is 7.77. The Labute approximate surface area is 196 Å². The van der Waals surface area contributed by atoms with Gasteiger partial charge in [-0.05, 0) is 54.4 Å². The van der Waals surface area contributed by atoms with Crippen LogP contribution >= 0.6 is 0 Å². The highest BCUT2D eigenvalue weighted by atomic mass is 16.3. The Morgan fingerprint density at radius 2 is 1.79 bits per heavy atom. The van der Waals surface area contributed by atoms with E-state index in [1.54, 1.807) is 0 Å². The van der Waals surface area contributed by atoms with Crippen molar-refractivity contribution in [2.24, 2.45) is 5.41 Å². The van der Waals surface area contributed by atoms with Gasteiger partial charge in [-0.25, -0.2) is 4.98 Å². The van der Waals surface area contributed by atoms with E-state index in [4.69, 9.17) is 9.40 Å².